The number of benzene rings is 2. The summed E-state index contributed by atoms with van der Waals surface area (Å²) < 4.78 is 17.9. The van der Waals surface area contributed by atoms with Crippen molar-refractivity contribution in [3.63, 3.8) is 0 Å². The molecule has 9 heteroatoms. The SMILES string of the molecule is Cc1ccn2c(=O)cc(CSc3nnc(-c4ccccc4Cl)n3-c3ccccc3F)nc2c1. The molecule has 5 aromatic rings. The van der Waals surface area contributed by atoms with Gasteiger partial charge in [0.2, 0.25) is 0 Å². The molecule has 0 saturated heterocycles. The van der Waals surface area contributed by atoms with Crippen LogP contribution in [0.5, 0.6) is 0 Å². The number of hydrogen-bond donors (Lipinski definition) is 0. The number of nitrogens with zero attached hydrogens (tertiary/aromatic N) is 5. The number of halogens is 2. The van der Waals surface area contributed by atoms with Gasteiger partial charge in [0.25, 0.3) is 5.56 Å². The molecule has 33 heavy (non-hydrogen) atoms. The predicted molar refractivity (Wildman–Crippen MR) is 128 cm³/mol. The van der Waals surface area contributed by atoms with E-state index in [0.717, 1.165) is 5.56 Å². The first-order valence-corrected chi connectivity index (χ1v) is 11.4. The minimum atomic E-state index is -0.412. The maximum Gasteiger partial charge on any atom is 0.258 e. The van der Waals surface area contributed by atoms with Crippen LogP contribution in [0.25, 0.3) is 22.7 Å². The number of pyridine rings is 1. The Labute approximate surface area is 197 Å². The van der Waals surface area contributed by atoms with Gasteiger partial charge in [0.15, 0.2) is 11.0 Å². The zero-order valence-corrected chi connectivity index (χ0v) is 19.0. The van der Waals surface area contributed by atoms with Crippen molar-refractivity contribution in [2.45, 2.75) is 17.8 Å². The maximum atomic E-state index is 14.8. The molecular formula is C24H17ClFN5OS. The fraction of sp³-hybridized carbons (Fsp3) is 0.0833. The Morgan fingerprint density at radius 2 is 1.82 bits per heavy atom. The van der Waals surface area contributed by atoms with Crippen LogP contribution < -0.4 is 5.56 Å². The molecule has 0 amide bonds. The summed E-state index contributed by atoms with van der Waals surface area (Å²) in [4.78, 5) is 17.1. The first-order chi connectivity index (χ1) is 16.0. The highest BCUT2D eigenvalue weighted by Crippen LogP contribution is 2.33. The fourth-order valence-corrected chi connectivity index (χ4v) is 4.55. The summed E-state index contributed by atoms with van der Waals surface area (Å²) in [5, 5.41) is 9.56. The average molecular weight is 478 g/mol. The largest absolute Gasteiger partial charge is 0.269 e. The highest BCUT2D eigenvalue weighted by atomic mass is 35.5. The van der Waals surface area contributed by atoms with E-state index in [4.69, 9.17) is 11.6 Å². The minimum absolute atomic E-state index is 0.164. The Balaban J connectivity index is 1.57. The second kappa shape index (κ2) is 8.80. The van der Waals surface area contributed by atoms with Crippen LogP contribution in [0, 0.1) is 12.7 Å². The van der Waals surface area contributed by atoms with E-state index < -0.39 is 5.82 Å². The summed E-state index contributed by atoms with van der Waals surface area (Å²) in [5.41, 5.74) is 2.96. The molecule has 3 aromatic heterocycles. The van der Waals surface area contributed by atoms with Gasteiger partial charge in [-0.15, -0.1) is 10.2 Å². The van der Waals surface area contributed by atoms with Crippen molar-refractivity contribution in [3.05, 3.63) is 105 Å². The number of fused-ring (bicyclic) bond motifs is 1. The molecule has 0 radical (unpaired) electrons. The Kier molecular flexibility index (Phi) is 5.70. The van der Waals surface area contributed by atoms with E-state index >= 15 is 0 Å². The van der Waals surface area contributed by atoms with Gasteiger partial charge in [0.1, 0.15) is 11.5 Å². The summed E-state index contributed by atoms with van der Waals surface area (Å²) in [7, 11) is 0. The lowest BCUT2D eigenvalue weighted by atomic mass is 10.2. The lowest BCUT2D eigenvalue weighted by Crippen LogP contribution is -2.15. The normalized spacial score (nSPS) is 11.2. The van der Waals surface area contributed by atoms with E-state index in [0.29, 0.717) is 44.3 Å². The molecule has 6 nitrogen and oxygen atoms in total. The van der Waals surface area contributed by atoms with Crippen molar-refractivity contribution >= 4 is 29.0 Å². The van der Waals surface area contributed by atoms with E-state index in [1.165, 1.54) is 28.3 Å². The zero-order chi connectivity index (χ0) is 22.9. The monoisotopic (exact) mass is 477 g/mol. The highest BCUT2D eigenvalue weighted by molar-refractivity contribution is 7.98. The van der Waals surface area contributed by atoms with Crippen LogP contribution in [-0.4, -0.2) is 24.1 Å². The van der Waals surface area contributed by atoms with Crippen LogP contribution in [0.1, 0.15) is 11.3 Å². The molecule has 164 valence electrons. The third kappa shape index (κ3) is 4.15. The molecule has 3 heterocycles. The lowest BCUT2D eigenvalue weighted by molar-refractivity contribution is 0.613. The number of hydrogen-bond acceptors (Lipinski definition) is 5. The van der Waals surface area contributed by atoms with Gasteiger partial charge in [0, 0.05) is 23.6 Å². The number of aromatic nitrogens is 5. The van der Waals surface area contributed by atoms with Gasteiger partial charge >= 0.3 is 0 Å². The molecule has 0 N–H and O–H groups in total. The first-order valence-electron chi connectivity index (χ1n) is 10.1. The van der Waals surface area contributed by atoms with Crippen molar-refractivity contribution in [3.8, 4) is 17.1 Å². The predicted octanol–water partition coefficient (Wildman–Crippen LogP) is 5.34. The van der Waals surface area contributed by atoms with E-state index in [2.05, 4.69) is 15.2 Å². The maximum absolute atomic E-state index is 14.8. The van der Waals surface area contributed by atoms with Crippen LogP contribution in [0.2, 0.25) is 5.02 Å². The molecule has 0 aliphatic carbocycles. The molecule has 0 aliphatic rings. The number of aryl methyl sites for hydroxylation is 1. The van der Waals surface area contributed by atoms with Gasteiger partial charge in [-0.3, -0.25) is 13.8 Å². The lowest BCUT2D eigenvalue weighted by Gasteiger charge is -2.12. The standard InChI is InChI=1S/C24H17ClFN5OS/c1-15-10-11-30-21(12-15)27-16(13-22(30)32)14-33-24-29-28-23(17-6-2-3-7-18(17)25)31(24)20-9-5-4-8-19(20)26/h2-13H,14H2,1H3. The van der Waals surface area contributed by atoms with Gasteiger partial charge in [-0.1, -0.05) is 47.6 Å². The number of para-hydroxylation sites is 1. The number of rotatable bonds is 5. The highest BCUT2D eigenvalue weighted by Gasteiger charge is 2.20. The van der Waals surface area contributed by atoms with Crippen LogP contribution in [-0.2, 0) is 5.75 Å². The molecule has 0 fully saturated rings. The van der Waals surface area contributed by atoms with Crippen molar-refractivity contribution in [2.75, 3.05) is 0 Å². The second-order valence-electron chi connectivity index (χ2n) is 7.38. The second-order valence-corrected chi connectivity index (χ2v) is 8.73. The van der Waals surface area contributed by atoms with Crippen molar-refractivity contribution in [2.24, 2.45) is 0 Å². The summed E-state index contributed by atoms with van der Waals surface area (Å²) >= 11 is 7.71. The molecule has 2 aromatic carbocycles. The third-order valence-electron chi connectivity index (χ3n) is 5.07. The van der Waals surface area contributed by atoms with E-state index in [1.54, 1.807) is 35.0 Å². The Morgan fingerprint density at radius 1 is 1.03 bits per heavy atom. The summed E-state index contributed by atoms with van der Waals surface area (Å²) in [6.07, 6.45) is 1.71. The van der Waals surface area contributed by atoms with Gasteiger partial charge < -0.3 is 0 Å². The quantitative estimate of drug-likeness (QED) is 0.320. The van der Waals surface area contributed by atoms with Crippen LogP contribution in [0.15, 0.2) is 82.9 Å². The Morgan fingerprint density at radius 3 is 2.64 bits per heavy atom. The molecule has 0 atom stereocenters. The smallest absolute Gasteiger partial charge is 0.258 e. The molecule has 0 unspecified atom stereocenters. The van der Waals surface area contributed by atoms with Gasteiger partial charge in [0.05, 0.1) is 16.4 Å². The van der Waals surface area contributed by atoms with Crippen LogP contribution >= 0.6 is 23.4 Å². The topological polar surface area (TPSA) is 65.1 Å². The molecular weight excluding hydrogens is 461 g/mol. The first kappa shape index (κ1) is 21.4. The molecule has 5 rings (SSSR count). The minimum Gasteiger partial charge on any atom is -0.269 e. The third-order valence-corrected chi connectivity index (χ3v) is 6.36. The molecule has 0 aliphatic heterocycles. The molecule has 0 saturated carbocycles. The van der Waals surface area contributed by atoms with Crippen molar-refractivity contribution in [1.82, 2.24) is 24.1 Å². The van der Waals surface area contributed by atoms with Gasteiger partial charge in [-0.05, 0) is 48.9 Å². The van der Waals surface area contributed by atoms with Gasteiger partial charge in [-0.2, -0.15) is 0 Å². The summed E-state index contributed by atoms with van der Waals surface area (Å²) in [6.45, 7) is 1.95. The van der Waals surface area contributed by atoms with E-state index in [9.17, 15) is 9.18 Å². The van der Waals surface area contributed by atoms with Crippen LogP contribution in [0.3, 0.4) is 0 Å². The number of thioether (sulfide) groups is 1. The zero-order valence-electron chi connectivity index (χ0n) is 17.4. The van der Waals surface area contributed by atoms with E-state index in [-0.39, 0.29) is 5.56 Å². The molecule has 0 spiro atoms. The Hall–Kier alpha value is -3.49. The van der Waals surface area contributed by atoms with Crippen molar-refractivity contribution in [1.29, 1.82) is 0 Å². The average Bonchev–Trinajstić information content (AvgIpc) is 3.21. The van der Waals surface area contributed by atoms with Crippen molar-refractivity contribution < 1.29 is 4.39 Å². The van der Waals surface area contributed by atoms with Crippen LogP contribution in [0.4, 0.5) is 4.39 Å². The van der Waals surface area contributed by atoms with E-state index in [1.807, 2.05) is 37.3 Å². The van der Waals surface area contributed by atoms with Gasteiger partial charge in [-0.25, -0.2) is 9.37 Å². The fourth-order valence-electron chi connectivity index (χ4n) is 3.50. The summed E-state index contributed by atoms with van der Waals surface area (Å²) in [6, 6.07) is 18.8. The molecule has 0 bridgehead atoms. The summed E-state index contributed by atoms with van der Waals surface area (Å²) in [5.74, 6) is 0.370. The Bertz CT molecular complexity index is 1550.